The van der Waals surface area contributed by atoms with Crippen LogP contribution < -0.4 is 4.74 Å². The molecule has 1 atom stereocenters. The number of benzene rings is 1. The van der Waals surface area contributed by atoms with Gasteiger partial charge in [-0.15, -0.1) is 0 Å². The number of hydrogen-bond donors (Lipinski definition) is 1. The first-order valence-electron chi connectivity index (χ1n) is 10.7. The van der Waals surface area contributed by atoms with Crippen molar-refractivity contribution in [3.8, 4) is 5.75 Å². The van der Waals surface area contributed by atoms with Crippen molar-refractivity contribution in [2.75, 3.05) is 26.7 Å². The summed E-state index contributed by atoms with van der Waals surface area (Å²) >= 11 is 0. The van der Waals surface area contributed by atoms with Gasteiger partial charge in [0.05, 0.1) is 18.1 Å². The van der Waals surface area contributed by atoms with Gasteiger partial charge in [-0.2, -0.15) is 0 Å². The van der Waals surface area contributed by atoms with Gasteiger partial charge in [0, 0.05) is 43.0 Å². The summed E-state index contributed by atoms with van der Waals surface area (Å²) in [5, 5.41) is 2.89. The molecule has 3 aromatic rings. The SMILES string of the molecule is COc1ccnc2[nH]cc(C(=O)C(=O)N3CCN(C(=O)c4c(F)c(F)c(N=[N+]=[N-])c(F)c4F)C[C@H]3C)c12. The third-order valence-electron chi connectivity index (χ3n) is 5.97. The number of pyridine rings is 1. The van der Waals surface area contributed by atoms with Crippen LogP contribution in [0.25, 0.3) is 21.5 Å². The lowest BCUT2D eigenvalue weighted by atomic mass is 10.1. The van der Waals surface area contributed by atoms with Crippen LogP contribution in [-0.4, -0.2) is 70.2 Å². The van der Waals surface area contributed by atoms with Gasteiger partial charge in [-0.25, -0.2) is 22.5 Å². The highest BCUT2D eigenvalue weighted by atomic mass is 19.2. The van der Waals surface area contributed by atoms with E-state index in [1.165, 1.54) is 37.4 Å². The van der Waals surface area contributed by atoms with E-state index < -0.39 is 58.2 Å². The van der Waals surface area contributed by atoms with Crippen LogP contribution in [0.15, 0.2) is 23.6 Å². The van der Waals surface area contributed by atoms with Gasteiger partial charge in [-0.1, -0.05) is 5.11 Å². The predicted molar refractivity (Wildman–Crippen MR) is 119 cm³/mol. The normalized spacial score (nSPS) is 15.5. The molecule has 1 fully saturated rings. The summed E-state index contributed by atoms with van der Waals surface area (Å²) in [6.45, 7) is 0.693. The third-order valence-corrected chi connectivity index (χ3v) is 5.97. The Labute approximate surface area is 205 Å². The standard InChI is InChI=1S/C22H17F4N7O4/c1-9-8-32(21(35)13-14(23)16(25)18(30-31-27)17(26)15(13)24)5-6-33(9)22(36)19(34)10-7-29-20-12(10)11(37-2)3-4-28-20/h3-4,7,9H,5-6,8H2,1-2H3,(H,28,29)/t9-/m1/s1. The summed E-state index contributed by atoms with van der Waals surface area (Å²) in [7, 11) is 1.39. The zero-order valence-corrected chi connectivity index (χ0v) is 19.3. The van der Waals surface area contributed by atoms with E-state index in [0.717, 1.165) is 4.90 Å². The second-order valence-electron chi connectivity index (χ2n) is 8.04. The second kappa shape index (κ2) is 9.78. The smallest absolute Gasteiger partial charge is 0.295 e. The number of hydrogen-bond acceptors (Lipinski definition) is 6. The largest absolute Gasteiger partial charge is 0.496 e. The number of H-pyrrole nitrogens is 1. The number of methoxy groups -OCH3 is 1. The molecule has 1 N–H and O–H groups in total. The number of nitrogens with one attached hydrogen (secondary N) is 1. The van der Waals surface area contributed by atoms with E-state index in [1.807, 2.05) is 0 Å². The molecule has 15 heteroatoms. The monoisotopic (exact) mass is 519 g/mol. The lowest BCUT2D eigenvalue weighted by Gasteiger charge is -2.39. The first-order chi connectivity index (χ1) is 17.6. The molecular weight excluding hydrogens is 502 g/mol. The fraction of sp³-hybridized carbons (Fsp3) is 0.273. The van der Waals surface area contributed by atoms with Gasteiger partial charge in [0.2, 0.25) is 0 Å². The molecule has 11 nitrogen and oxygen atoms in total. The average molecular weight is 519 g/mol. The van der Waals surface area contributed by atoms with Crippen LogP contribution in [0.4, 0.5) is 23.2 Å². The number of piperazine rings is 1. The minimum Gasteiger partial charge on any atom is -0.496 e. The zero-order chi connectivity index (χ0) is 27.0. The van der Waals surface area contributed by atoms with Crippen LogP contribution >= 0.6 is 0 Å². The number of carbonyl (C=O) groups is 3. The number of halogens is 4. The maximum absolute atomic E-state index is 14.4. The van der Waals surface area contributed by atoms with Crippen molar-refractivity contribution >= 4 is 34.3 Å². The van der Waals surface area contributed by atoms with Crippen molar-refractivity contribution in [3.05, 3.63) is 63.3 Å². The van der Waals surface area contributed by atoms with Crippen LogP contribution in [0.3, 0.4) is 0 Å². The Morgan fingerprint density at radius 1 is 1.16 bits per heavy atom. The lowest BCUT2D eigenvalue weighted by Crippen LogP contribution is -2.57. The minimum absolute atomic E-state index is 0.0193. The van der Waals surface area contributed by atoms with Crippen molar-refractivity contribution in [2.45, 2.75) is 13.0 Å². The predicted octanol–water partition coefficient (Wildman–Crippen LogP) is 3.63. The van der Waals surface area contributed by atoms with E-state index in [2.05, 4.69) is 20.0 Å². The van der Waals surface area contributed by atoms with Crippen molar-refractivity contribution < 1.29 is 36.7 Å². The minimum atomic E-state index is -2.02. The van der Waals surface area contributed by atoms with Crippen LogP contribution in [-0.2, 0) is 4.79 Å². The molecular formula is C22H17F4N7O4. The molecule has 0 radical (unpaired) electrons. The van der Waals surface area contributed by atoms with Crippen LogP contribution in [0.1, 0.15) is 27.6 Å². The number of amides is 2. The quantitative estimate of drug-likeness (QED) is 0.104. The zero-order valence-electron chi connectivity index (χ0n) is 19.3. The van der Waals surface area contributed by atoms with Crippen LogP contribution in [0.2, 0.25) is 0 Å². The Bertz CT molecular complexity index is 1470. The summed E-state index contributed by atoms with van der Waals surface area (Å²) in [6, 6.07) is 0.718. The Hall–Kier alpha value is -4.65. The summed E-state index contributed by atoms with van der Waals surface area (Å²) in [4.78, 5) is 49.9. The van der Waals surface area contributed by atoms with Gasteiger partial charge < -0.3 is 19.5 Å². The van der Waals surface area contributed by atoms with Gasteiger partial charge in [0.1, 0.15) is 22.6 Å². The fourth-order valence-electron chi connectivity index (χ4n) is 4.16. The number of aromatic nitrogens is 2. The molecule has 1 aromatic carbocycles. The highest BCUT2D eigenvalue weighted by Gasteiger charge is 2.37. The molecule has 0 bridgehead atoms. The average Bonchev–Trinajstić information content (AvgIpc) is 3.33. The summed E-state index contributed by atoms with van der Waals surface area (Å²) in [5.41, 5.74) is 5.65. The molecule has 1 saturated heterocycles. The van der Waals surface area contributed by atoms with E-state index in [9.17, 15) is 31.9 Å². The first-order valence-corrected chi connectivity index (χ1v) is 10.7. The molecule has 0 aliphatic carbocycles. The molecule has 0 unspecified atom stereocenters. The van der Waals surface area contributed by atoms with Gasteiger partial charge in [-0.3, -0.25) is 14.4 Å². The van der Waals surface area contributed by atoms with Gasteiger partial charge in [-0.05, 0) is 18.5 Å². The summed E-state index contributed by atoms with van der Waals surface area (Å²) in [6.07, 6.45) is 2.78. The van der Waals surface area contributed by atoms with Crippen LogP contribution in [0.5, 0.6) is 5.75 Å². The van der Waals surface area contributed by atoms with Gasteiger partial charge >= 0.3 is 0 Å². The van der Waals surface area contributed by atoms with E-state index in [0.29, 0.717) is 16.8 Å². The lowest BCUT2D eigenvalue weighted by molar-refractivity contribution is -0.130. The number of carbonyl (C=O) groups excluding carboxylic acids is 3. The van der Waals surface area contributed by atoms with Crippen molar-refractivity contribution in [1.29, 1.82) is 0 Å². The number of ketones is 1. The third kappa shape index (κ3) is 4.18. The van der Waals surface area contributed by atoms with Crippen molar-refractivity contribution in [1.82, 2.24) is 19.8 Å². The number of rotatable bonds is 5. The molecule has 0 saturated carbocycles. The van der Waals surface area contributed by atoms with Gasteiger partial charge in [0.25, 0.3) is 17.6 Å². The highest BCUT2D eigenvalue weighted by molar-refractivity contribution is 6.45. The number of azide groups is 1. The van der Waals surface area contributed by atoms with E-state index in [4.69, 9.17) is 10.3 Å². The molecule has 3 heterocycles. The molecule has 1 aliphatic heterocycles. The topological polar surface area (TPSA) is 144 Å². The molecule has 2 amide bonds. The van der Waals surface area contributed by atoms with E-state index in [1.54, 1.807) is 0 Å². The van der Waals surface area contributed by atoms with Crippen LogP contribution in [0, 0.1) is 23.3 Å². The van der Waals surface area contributed by atoms with Gasteiger partial charge in [0.15, 0.2) is 23.3 Å². The van der Waals surface area contributed by atoms with Crippen molar-refractivity contribution in [3.63, 3.8) is 0 Å². The maximum atomic E-state index is 14.4. The fourth-order valence-corrected chi connectivity index (χ4v) is 4.16. The molecule has 192 valence electrons. The molecule has 37 heavy (non-hydrogen) atoms. The maximum Gasteiger partial charge on any atom is 0.295 e. The Morgan fingerprint density at radius 2 is 1.84 bits per heavy atom. The Morgan fingerprint density at radius 3 is 2.43 bits per heavy atom. The molecule has 2 aromatic heterocycles. The first kappa shape index (κ1) is 25.4. The number of ether oxygens (including phenoxy) is 1. The highest BCUT2D eigenvalue weighted by Crippen LogP contribution is 2.32. The summed E-state index contributed by atoms with van der Waals surface area (Å²) < 4.78 is 62.4. The second-order valence-corrected chi connectivity index (χ2v) is 8.04. The Kier molecular flexibility index (Phi) is 6.72. The van der Waals surface area contributed by atoms with Crippen molar-refractivity contribution in [2.24, 2.45) is 5.11 Å². The number of aromatic amines is 1. The van der Waals surface area contributed by atoms with E-state index >= 15 is 0 Å². The number of fused-ring (bicyclic) bond motifs is 1. The van der Waals surface area contributed by atoms with E-state index in [-0.39, 0.29) is 25.2 Å². The number of Topliss-reactive ketones (excluding diaryl/α,β-unsaturated/α-hetero) is 1. The Balaban J connectivity index is 1.56. The molecule has 0 spiro atoms. The summed E-state index contributed by atoms with van der Waals surface area (Å²) in [5.74, 6) is -10.9. The molecule has 1 aliphatic rings. The number of nitrogens with zero attached hydrogens (tertiary/aromatic N) is 6. The molecule has 4 rings (SSSR count).